The lowest BCUT2D eigenvalue weighted by Gasteiger charge is -2.35. The Balaban J connectivity index is 1.85. The van der Waals surface area contributed by atoms with E-state index in [1.54, 1.807) is 61.5 Å². The Morgan fingerprint density at radius 3 is 2.09 bits per heavy atom. The van der Waals surface area contributed by atoms with Gasteiger partial charge < -0.3 is 10.2 Å². The molecule has 2 amide bonds. The standard InChI is InChI=1S/C36H39Cl2N3O4S/c1-25-15-18-30(19-16-25)46(44,45)41(32-20-17-29(37)21-26(32)2)24-34(42)40(23-28-13-9-10-14-31(28)38)33(35(43)39-36(3,4)5)22-27-11-7-6-8-12-27/h6-21,33H,22-24H2,1-5H3,(H,39,43)/t33-/m1/s1. The van der Waals surface area contributed by atoms with Crippen molar-refractivity contribution in [3.63, 3.8) is 0 Å². The molecule has 0 aliphatic heterocycles. The third kappa shape index (κ3) is 8.90. The van der Waals surface area contributed by atoms with Gasteiger partial charge in [0.15, 0.2) is 0 Å². The number of anilines is 1. The van der Waals surface area contributed by atoms with E-state index in [9.17, 15) is 18.0 Å². The van der Waals surface area contributed by atoms with Crippen LogP contribution in [0, 0.1) is 13.8 Å². The maximum absolute atomic E-state index is 14.6. The number of nitrogens with zero attached hydrogens (tertiary/aromatic N) is 2. The van der Waals surface area contributed by atoms with Crippen LogP contribution in [0.25, 0.3) is 0 Å². The first-order valence-corrected chi connectivity index (χ1v) is 17.1. The first kappa shape index (κ1) is 35.0. The highest BCUT2D eigenvalue weighted by atomic mass is 35.5. The highest BCUT2D eigenvalue weighted by molar-refractivity contribution is 7.92. The number of nitrogens with one attached hydrogen (secondary N) is 1. The van der Waals surface area contributed by atoms with Gasteiger partial charge in [-0.2, -0.15) is 0 Å². The van der Waals surface area contributed by atoms with Crippen LogP contribution in [0.1, 0.15) is 43.0 Å². The highest BCUT2D eigenvalue weighted by Gasteiger charge is 2.36. The zero-order valence-electron chi connectivity index (χ0n) is 26.6. The van der Waals surface area contributed by atoms with Gasteiger partial charge in [-0.3, -0.25) is 13.9 Å². The van der Waals surface area contributed by atoms with Crippen LogP contribution in [0.2, 0.25) is 10.0 Å². The fourth-order valence-corrected chi connectivity index (χ4v) is 6.97. The molecular formula is C36H39Cl2N3O4S. The van der Waals surface area contributed by atoms with Crippen molar-refractivity contribution in [2.24, 2.45) is 0 Å². The van der Waals surface area contributed by atoms with Gasteiger partial charge in [-0.25, -0.2) is 8.42 Å². The number of benzene rings is 4. The van der Waals surface area contributed by atoms with Crippen LogP contribution in [0.15, 0.2) is 102 Å². The van der Waals surface area contributed by atoms with Crippen molar-refractivity contribution in [3.8, 4) is 0 Å². The number of aryl methyl sites for hydroxylation is 2. The Hall–Kier alpha value is -3.85. The topological polar surface area (TPSA) is 86.8 Å². The number of hydrogen-bond acceptors (Lipinski definition) is 4. The van der Waals surface area contributed by atoms with Crippen molar-refractivity contribution in [2.45, 2.75) is 64.1 Å². The predicted molar refractivity (Wildman–Crippen MR) is 186 cm³/mol. The first-order valence-electron chi connectivity index (χ1n) is 14.9. The molecule has 46 heavy (non-hydrogen) atoms. The molecule has 0 unspecified atom stereocenters. The van der Waals surface area contributed by atoms with Gasteiger partial charge >= 0.3 is 0 Å². The third-order valence-corrected chi connectivity index (χ3v) is 9.76. The van der Waals surface area contributed by atoms with Gasteiger partial charge in [-0.15, -0.1) is 0 Å². The van der Waals surface area contributed by atoms with E-state index in [0.29, 0.717) is 26.9 Å². The molecule has 4 aromatic rings. The van der Waals surface area contributed by atoms with Gasteiger partial charge in [0, 0.05) is 28.5 Å². The molecule has 0 radical (unpaired) electrons. The zero-order chi connectivity index (χ0) is 33.6. The maximum atomic E-state index is 14.6. The smallest absolute Gasteiger partial charge is 0.264 e. The molecular weight excluding hydrogens is 641 g/mol. The number of halogens is 2. The number of sulfonamides is 1. The first-order chi connectivity index (χ1) is 21.7. The van der Waals surface area contributed by atoms with Crippen LogP contribution in [-0.4, -0.2) is 43.3 Å². The van der Waals surface area contributed by atoms with Crippen molar-refractivity contribution in [1.82, 2.24) is 10.2 Å². The highest BCUT2D eigenvalue weighted by Crippen LogP contribution is 2.30. The molecule has 0 aliphatic carbocycles. The molecule has 1 atom stereocenters. The lowest BCUT2D eigenvalue weighted by molar-refractivity contribution is -0.140. The Morgan fingerprint density at radius 1 is 0.848 bits per heavy atom. The molecule has 10 heteroatoms. The van der Waals surface area contributed by atoms with Gasteiger partial charge in [0.2, 0.25) is 11.8 Å². The predicted octanol–water partition coefficient (Wildman–Crippen LogP) is 7.36. The Bertz CT molecular complexity index is 1790. The van der Waals surface area contributed by atoms with E-state index in [1.165, 1.54) is 17.0 Å². The molecule has 0 saturated carbocycles. The van der Waals surface area contributed by atoms with E-state index in [-0.39, 0.29) is 23.8 Å². The summed E-state index contributed by atoms with van der Waals surface area (Å²) in [5.41, 5.74) is 2.63. The number of carbonyl (C=O) groups is 2. The van der Waals surface area contributed by atoms with Gasteiger partial charge in [0.05, 0.1) is 10.6 Å². The fraction of sp³-hybridized carbons (Fsp3) is 0.278. The van der Waals surface area contributed by atoms with Crippen LogP contribution in [0.3, 0.4) is 0 Å². The Morgan fingerprint density at radius 2 is 1.48 bits per heavy atom. The summed E-state index contributed by atoms with van der Waals surface area (Å²) in [4.78, 5) is 30.1. The quantitative estimate of drug-likeness (QED) is 0.179. The van der Waals surface area contributed by atoms with Crippen LogP contribution in [0.5, 0.6) is 0 Å². The van der Waals surface area contributed by atoms with E-state index in [4.69, 9.17) is 23.2 Å². The zero-order valence-corrected chi connectivity index (χ0v) is 29.0. The second-order valence-corrected chi connectivity index (χ2v) is 15.0. The van der Waals surface area contributed by atoms with E-state index >= 15 is 0 Å². The molecule has 4 rings (SSSR count). The minimum atomic E-state index is -4.23. The average molecular weight is 681 g/mol. The van der Waals surface area contributed by atoms with Crippen molar-refractivity contribution < 1.29 is 18.0 Å². The van der Waals surface area contributed by atoms with Gasteiger partial charge in [0.25, 0.3) is 10.0 Å². The van der Waals surface area contributed by atoms with Gasteiger partial charge in [0.1, 0.15) is 12.6 Å². The normalized spacial score (nSPS) is 12.3. The summed E-state index contributed by atoms with van der Waals surface area (Å²) in [6, 6.07) is 26.8. The maximum Gasteiger partial charge on any atom is 0.264 e. The number of carbonyl (C=O) groups excluding carboxylic acids is 2. The summed E-state index contributed by atoms with van der Waals surface area (Å²) in [6.07, 6.45) is 0.198. The van der Waals surface area contributed by atoms with Crippen molar-refractivity contribution >= 4 is 50.7 Å². The molecule has 0 aromatic heterocycles. The lowest BCUT2D eigenvalue weighted by Crippen LogP contribution is -2.56. The number of hydrogen-bond donors (Lipinski definition) is 1. The van der Waals surface area contributed by atoms with E-state index in [1.807, 2.05) is 58.0 Å². The second kappa shape index (κ2) is 14.7. The Kier molecular flexibility index (Phi) is 11.2. The Labute approximate surface area is 282 Å². The summed E-state index contributed by atoms with van der Waals surface area (Å²) >= 11 is 12.8. The van der Waals surface area contributed by atoms with E-state index in [0.717, 1.165) is 15.4 Å². The summed E-state index contributed by atoms with van der Waals surface area (Å²) in [5, 5.41) is 3.88. The van der Waals surface area contributed by atoms with Crippen molar-refractivity contribution in [3.05, 3.63) is 129 Å². The summed E-state index contributed by atoms with van der Waals surface area (Å²) in [6.45, 7) is 8.60. The fourth-order valence-electron chi connectivity index (χ4n) is 5.07. The van der Waals surface area contributed by atoms with Crippen LogP contribution in [0.4, 0.5) is 5.69 Å². The lowest BCUT2D eigenvalue weighted by atomic mass is 10.0. The van der Waals surface area contributed by atoms with Crippen molar-refractivity contribution in [1.29, 1.82) is 0 Å². The summed E-state index contributed by atoms with van der Waals surface area (Å²) in [7, 11) is -4.23. The monoisotopic (exact) mass is 679 g/mol. The molecule has 0 aliphatic rings. The van der Waals surface area contributed by atoms with Crippen LogP contribution in [-0.2, 0) is 32.6 Å². The van der Waals surface area contributed by atoms with Crippen molar-refractivity contribution in [2.75, 3.05) is 10.8 Å². The van der Waals surface area contributed by atoms with Crippen LogP contribution < -0.4 is 9.62 Å². The molecule has 0 bridgehead atoms. The minimum absolute atomic E-state index is 0.0222. The largest absolute Gasteiger partial charge is 0.350 e. The molecule has 1 N–H and O–H groups in total. The molecule has 4 aromatic carbocycles. The molecule has 242 valence electrons. The molecule has 0 saturated heterocycles. The SMILES string of the molecule is Cc1ccc(S(=O)(=O)N(CC(=O)N(Cc2ccccc2Cl)[C@H](Cc2ccccc2)C(=O)NC(C)(C)C)c2ccc(Cl)cc2C)cc1. The minimum Gasteiger partial charge on any atom is -0.350 e. The molecule has 0 spiro atoms. The number of amides is 2. The summed E-state index contributed by atoms with van der Waals surface area (Å²) < 4.78 is 29.6. The molecule has 0 fully saturated rings. The van der Waals surface area contributed by atoms with E-state index in [2.05, 4.69) is 5.32 Å². The van der Waals surface area contributed by atoms with Gasteiger partial charge in [-0.05, 0) is 87.7 Å². The molecule has 0 heterocycles. The number of rotatable bonds is 11. The summed E-state index contributed by atoms with van der Waals surface area (Å²) in [5.74, 6) is -0.942. The third-order valence-electron chi connectivity index (χ3n) is 7.38. The average Bonchev–Trinajstić information content (AvgIpc) is 2.98. The second-order valence-electron chi connectivity index (χ2n) is 12.3. The van der Waals surface area contributed by atoms with Gasteiger partial charge in [-0.1, -0.05) is 89.4 Å². The molecule has 7 nitrogen and oxygen atoms in total. The van der Waals surface area contributed by atoms with Crippen LogP contribution >= 0.6 is 23.2 Å². The van der Waals surface area contributed by atoms with E-state index < -0.39 is 34.1 Å².